The average Bonchev–Trinajstić information content (AvgIpc) is 2.90. The number of hydrogen-bond acceptors (Lipinski definition) is 9. The molecule has 2 saturated heterocycles. The van der Waals surface area contributed by atoms with E-state index in [1.807, 2.05) is 12.1 Å². The number of pyridine rings is 1. The number of hydrogen-bond donors (Lipinski definition) is 2. The number of amides is 1. The number of carbonyl (C=O) groups excluding carboxylic acids is 1. The molecular weight excluding hydrogens is 480 g/mol. The summed E-state index contributed by atoms with van der Waals surface area (Å²) in [5, 5.41) is 9.55. The Bertz CT molecular complexity index is 1350. The molecule has 10 nitrogen and oxygen atoms in total. The third kappa shape index (κ3) is 4.77. The van der Waals surface area contributed by atoms with Crippen molar-refractivity contribution in [2.45, 2.75) is 32.0 Å². The smallest absolute Gasteiger partial charge is 0.272 e. The van der Waals surface area contributed by atoms with Crippen LogP contribution >= 0.6 is 0 Å². The molecule has 2 aromatic heterocycles. The number of nitrogens with two attached hydrogens (primary N) is 1. The van der Waals surface area contributed by atoms with Crippen LogP contribution in [0.25, 0.3) is 11.1 Å². The van der Waals surface area contributed by atoms with Crippen molar-refractivity contribution in [3.05, 3.63) is 59.4 Å². The van der Waals surface area contributed by atoms with E-state index in [2.05, 4.69) is 67.9 Å². The molecule has 3 N–H and O–H groups in total. The lowest BCUT2D eigenvalue weighted by molar-refractivity contribution is 0.00551. The maximum Gasteiger partial charge on any atom is 0.272 e. The molecule has 198 valence electrons. The van der Waals surface area contributed by atoms with Gasteiger partial charge in [0.15, 0.2) is 0 Å². The van der Waals surface area contributed by atoms with Gasteiger partial charge in [0, 0.05) is 64.1 Å². The molecule has 3 aliphatic rings. The summed E-state index contributed by atoms with van der Waals surface area (Å²) >= 11 is 0. The van der Waals surface area contributed by atoms with Crippen molar-refractivity contribution in [2.75, 3.05) is 61.8 Å². The van der Waals surface area contributed by atoms with Crippen LogP contribution in [-0.4, -0.2) is 94.2 Å². The molecule has 5 heterocycles. The fourth-order valence-electron chi connectivity index (χ4n) is 5.52. The van der Waals surface area contributed by atoms with Gasteiger partial charge in [-0.1, -0.05) is 12.1 Å². The fraction of sp³-hybridized carbons (Fsp3) is 0.429. The van der Waals surface area contributed by atoms with Crippen molar-refractivity contribution in [1.82, 2.24) is 24.8 Å². The Kier molecular flexibility index (Phi) is 6.37. The summed E-state index contributed by atoms with van der Waals surface area (Å²) in [4.78, 5) is 34.7. The molecule has 0 aliphatic carbocycles. The minimum absolute atomic E-state index is 0.146. The van der Waals surface area contributed by atoms with Gasteiger partial charge >= 0.3 is 0 Å². The standard InChI is InChI=1S/C28H34N8O2/c1-18-11-19-3-4-20(21-5-6-30-24(13-21)27(38)35-16-23(37)17-35)12-22(19)15-36(18)26-14-25(31-28(29)32-26)34-9-7-33(2)8-10-34/h3-6,12-14,18,23,37H,7-11,15-17H2,1-2H3,(H2,29,31,32). The summed E-state index contributed by atoms with van der Waals surface area (Å²) in [5.74, 6) is 1.89. The quantitative estimate of drug-likeness (QED) is 0.536. The largest absolute Gasteiger partial charge is 0.389 e. The Labute approximate surface area is 222 Å². The van der Waals surface area contributed by atoms with Gasteiger partial charge in [0.25, 0.3) is 5.91 Å². The van der Waals surface area contributed by atoms with Crippen LogP contribution in [-0.2, 0) is 13.0 Å². The predicted molar refractivity (Wildman–Crippen MR) is 147 cm³/mol. The van der Waals surface area contributed by atoms with E-state index >= 15 is 0 Å². The van der Waals surface area contributed by atoms with E-state index < -0.39 is 6.10 Å². The van der Waals surface area contributed by atoms with Crippen molar-refractivity contribution in [3.8, 4) is 11.1 Å². The number of aliphatic hydroxyl groups is 1. The lowest BCUT2D eigenvalue weighted by Gasteiger charge is -2.37. The molecule has 1 unspecified atom stereocenters. The zero-order valence-electron chi connectivity index (χ0n) is 21.9. The zero-order chi connectivity index (χ0) is 26.4. The molecule has 3 aliphatic heterocycles. The number of nitrogen functional groups attached to an aromatic ring is 1. The summed E-state index contributed by atoms with van der Waals surface area (Å²) in [6.07, 6.45) is 2.15. The number of likely N-dealkylation sites (N-methyl/N-ethyl adjacent to an activating group) is 1. The second-order valence-electron chi connectivity index (χ2n) is 10.7. The van der Waals surface area contributed by atoms with E-state index in [1.165, 1.54) is 11.1 Å². The first-order valence-corrected chi connectivity index (χ1v) is 13.2. The van der Waals surface area contributed by atoms with Crippen LogP contribution < -0.4 is 15.5 Å². The van der Waals surface area contributed by atoms with Crippen LogP contribution in [0, 0.1) is 0 Å². The third-order valence-electron chi connectivity index (χ3n) is 7.89. The van der Waals surface area contributed by atoms with Gasteiger partial charge in [-0.05, 0) is 60.8 Å². The molecule has 6 rings (SSSR count). The molecule has 3 aromatic rings. The summed E-state index contributed by atoms with van der Waals surface area (Å²) in [6.45, 7) is 7.49. The minimum atomic E-state index is -0.434. The molecule has 0 saturated carbocycles. The summed E-state index contributed by atoms with van der Waals surface area (Å²) in [6, 6.07) is 12.6. The highest BCUT2D eigenvalue weighted by molar-refractivity contribution is 5.94. The molecule has 10 heteroatoms. The van der Waals surface area contributed by atoms with Crippen LogP contribution in [0.2, 0.25) is 0 Å². The number of aliphatic hydroxyl groups excluding tert-OH is 1. The van der Waals surface area contributed by atoms with Crippen LogP contribution in [0.4, 0.5) is 17.6 Å². The number of rotatable bonds is 4. The third-order valence-corrected chi connectivity index (χ3v) is 7.89. The van der Waals surface area contributed by atoms with Gasteiger partial charge in [0.05, 0.1) is 6.10 Å². The number of piperazine rings is 1. The number of anilines is 3. The lowest BCUT2D eigenvalue weighted by atomic mass is 9.91. The number of likely N-dealkylation sites (tertiary alicyclic amines) is 1. The van der Waals surface area contributed by atoms with Crippen LogP contribution in [0.15, 0.2) is 42.6 Å². The van der Waals surface area contributed by atoms with Gasteiger partial charge in [-0.15, -0.1) is 0 Å². The molecule has 1 aromatic carbocycles. The first-order chi connectivity index (χ1) is 18.3. The Morgan fingerprint density at radius 3 is 2.47 bits per heavy atom. The first kappa shape index (κ1) is 24.6. The summed E-state index contributed by atoms with van der Waals surface area (Å²) in [7, 11) is 2.14. The maximum atomic E-state index is 12.7. The molecule has 0 bridgehead atoms. The Balaban J connectivity index is 1.25. The fourth-order valence-corrected chi connectivity index (χ4v) is 5.52. The molecule has 0 radical (unpaired) electrons. The highest BCUT2D eigenvalue weighted by atomic mass is 16.3. The van der Waals surface area contributed by atoms with Gasteiger partial charge in [0.1, 0.15) is 17.3 Å². The number of nitrogens with zero attached hydrogens (tertiary/aromatic N) is 7. The predicted octanol–water partition coefficient (Wildman–Crippen LogP) is 1.64. The molecule has 0 spiro atoms. The molecular formula is C28H34N8O2. The van der Waals surface area contributed by atoms with Gasteiger partial charge in [-0.3, -0.25) is 9.78 Å². The number of aromatic nitrogens is 3. The Morgan fingerprint density at radius 2 is 1.71 bits per heavy atom. The molecule has 38 heavy (non-hydrogen) atoms. The Morgan fingerprint density at radius 1 is 0.974 bits per heavy atom. The van der Waals surface area contributed by atoms with Crippen molar-refractivity contribution in [1.29, 1.82) is 0 Å². The number of β-amino-alcohol motifs (C(OH)–C–C–N with tert-alkyl or cyclic N) is 1. The van der Waals surface area contributed by atoms with Crippen molar-refractivity contribution in [2.24, 2.45) is 0 Å². The maximum absolute atomic E-state index is 12.7. The topological polar surface area (TPSA) is 115 Å². The number of benzene rings is 1. The molecule has 2 fully saturated rings. The second-order valence-corrected chi connectivity index (χ2v) is 10.7. The summed E-state index contributed by atoms with van der Waals surface area (Å²) < 4.78 is 0. The normalized spacial score (nSPS) is 20.3. The highest BCUT2D eigenvalue weighted by Gasteiger charge is 2.30. The monoisotopic (exact) mass is 514 g/mol. The van der Waals surface area contributed by atoms with Gasteiger partial charge in [0.2, 0.25) is 5.95 Å². The Hall–Kier alpha value is -3.76. The molecule has 1 atom stereocenters. The van der Waals surface area contributed by atoms with E-state index in [0.29, 0.717) is 31.3 Å². The SMILES string of the molecule is CC1Cc2ccc(-c3ccnc(C(=O)N4CC(O)C4)c3)cc2CN1c1cc(N2CCN(C)CC2)nc(N)n1. The molecule has 1 amide bonds. The van der Waals surface area contributed by atoms with E-state index in [9.17, 15) is 9.90 Å². The van der Waals surface area contributed by atoms with Crippen molar-refractivity contribution < 1.29 is 9.90 Å². The van der Waals surface area contributed by atoms with Gasteiger partial charge in [-0.25, -0.2) is 0 Å². The van der Waals surface area contributed by atoms with Crippen molar-refractivity contribution >= 4 is 23.5 Å². The average molecular weight is 515 g/mol. The highest BCUT2D eigenvalue weighted by Crippen LogP contribution is 2.32. The van der Waals surface area contributed by atoms with E-state index in [0.717, 1.165) is 55.4 Å². The second kappa shape index (κ2) is 9.85. The van der Waals surface area contributed by atoms with Gasteiger partial charge < -0.3 is 30.4 Å². The minimum Gasteiger partial charge on any atom is -0.389 e. The van der Waals surface area contributed by atoms with Crippen LogP contribution in [0.1, 0.15) is 28.5 Å². The van der Waals surface area contributed by atoms with Gasteiger partial charge in [-0.2, -0.15) is 9.97 Å². The van der Waals surface area contributed by atoms with Crippen LogP contribution in [0.5, 0.6) is 0 Å². The zero-order valence-corrected chi connectivity index (χ0v) is 21.9. The first-order valence-electron chi connectivity index (χ1n) is 13.2. The number of carbonyl (C=O) groups is 1. The lowest BCUT2D eigenvalue weighted by Crippen LogP contribution is -2.53. The van der Waals surface area contributed by atoms with E-state index in [1.54, 1.807) is 11.1 Å². The number of fused-ring (bicyclic) bond motifs is 1. The van der Waals surface area contributed by atoms with Crippen molar-refractivity contribution in [3.63, 3.8) is 0 Å². The van der Waals surface area contributed by atoms with Crippen LogP contribution in [0.3, 0.4) is 0 Å². The summed E-state index contributed by atoms with van der Waals surface area (Å²) in [5.41, 5.74) is 11.1. The van der Waals surface area contributed by atoms with E-state index in [4.69, 9.17) is 5.73 Å². The van der Waals surface area contributed by atoms with E-state index in [-0.39, 0.29) is 11.9 Å².